The van der Waals surface area contributed by atoms with Crippen molar-refractivity contribution in [3.05, 3.63) is 98.7 Å². The second kappa shape index (κ2) is 6.55. The number of hydrogen-bond acceptors (Lipinski definition) is 3. The summed E-state index contributed by atoms with van der Waals surface area (Å²) in [7, 11) is 1.59. The van der Waals surface area contributed by atoms with E-state index >= 15 is 0 Å². The first-order valence-electron chi connectivity index (χ1n) is 10.3. The maximum absolute atomic E-state index is 13.1. The van der Waals surface area contributed by atoms with Crippen LogP contribution in [-0.4, -0.2) is 20.4 Å². The van der Waals surface area contributed by atoms with Crippen LogP contribution in [-0.2, 0) is 11.8 Å². The van der Waals surface area contributed by atoms with Crippen LogP contribution in [0.15, 0.2) is 76.3 Å². The largest absolute Gasteiger partial charge is 0.340 e. The van der Waals surface area contributed by atoms with Gasteiger partial charge < -0.3 is 10.3 Å². The second-order valence-corrected chi connectivity index (χ2v) is 8.03. The summed E-state index contributed by atoms with van der Waals surface area (Å²) >= 11 is 0. The minimum absolute atomic E-state index is 0.206. The van der Waals surface area contributed by atoms with Gasteiger partial charge in [-0.3, -0.25) is 19.1 Å². The average Bonchev–Trinajstić information content (AvgIpc) is 3.34. The summed E-state index contributed by atoms with van der Waals surface area (Å²) in [6, 6.07) is 21.4. The molecule has 2 aromatic heterocycles. The number of hydrogen-bond donors (Lipinski definition) is 3. The number of carbonyl (C=O) groups is 1. The predicted octanol–water partition coefficient (Wildman–Crippen LogP) is 3.46. The lowest BCUT2D eigenvalue weighted by Gasteiger charge is -2.12. The molecule has 0 spiro atoms. The molecule has 1 atom stereocenters. The fraction of sp³-hybridized carbons (Fsp3) is 0.0800. The van der Waals surface area contributed by atoms with Crippen LogP contribution in [0.3, 0.4) is 0 Å². The van der Waals surface area contributed by atoms with Gasteiger partial charge in [-0.2, -0.15) is 0 Å². The summed E-state index contributed by atoms with van der Waals surface area (Å²) in [4.78, 5) is 44.1. The number of aromatic amines is 2. The van der Waals surface area contributed by atoms with E-state index in [1.807, 2.05) is 66.7 Å². The summed E-state index contributed by atoms with van der Waals surface area (Å²) in [6.45, 7) is 0. The highest BCUT2D eigenvalue weighted by Gasteiger charge is 2.37. The van der Waals surface area contributed by atoms with Crippen LogP contribution in [0, 0.1) is 0 Å². The molecule has 3 N–H and O–H groups in total. The van der Waals surface area contributed by atoms with Gasteiger partial charge in [0.05, 0.1) is 17.0 Å². The quantitative estimate of drug-likeness (QED) is 0.406. The number of benzene rings is 3. The van der Waals surface area contributed by atoms with Gasteiger partial charge in [0.25, 0.3) is 5.56 Å². The third-order valence-electron chi connectivity index (χ3n) is 6.23. The number of anilines is 1. The zero-order valence-electron chi connectivity index (χ0n) is 17.1. The standard InChI is InChI=1S/C25H18N4O3/c1-29-22-20(24(31)28-25(29)32)19(18-16-8-4-5-9-17(16)26-23(18)30)21(27-22)15-11-10-13-6-2-3-7-14(13)12-15/h2-12,18,27H,1H3,(H,26,30)(H,28,31,32)/t18-/m1/s1. The molecule has 7 heteroatoms. The van der Waals surface area contributed by atoms with Gasteiger partial charge in [0.15, 0.2) is 0 Å². The van der Waals surface area contributed by atoms with Crippen molar-refractivity contribution in [2.45, 2.75) is 5.92 Å². The lowest BCUT2D eigenvalue weighted by atomic mass is 9.88. The second-order valence-electron chi connectivity index (χ2n) is 8.03. The maximum Gasteiger partial charge on any atom is 0.329 e. The average molecular weight is 422 g/mol. The number of rotatable bonds is 2. The van der Waals surface area contributed by atoms with Crippen LogP contribution >= 0.6 is 0 Å². The van der Waals surface area contributed by atoms with E-state index in [2.05, 4.69) is 15.3 Å². The monoisotopic (exact) mass is 422 g/mol. The van der Waals surface area contributed by atoms with Crippen molar-refractivity contribution in [3.63, 3.8) is 0 Å². The summed E-state index contributed by atoms with van der Waals surface area (Å²) in [5, 5.41) is 5.35. The summed E-state index contributed by atoms with van der Waals surface area (Å²) in [5.74, 6) is -0.887. The van der Waals surface area contributed by atoms with E-state index in [0.717, 1.165) is 27.6 Å². The van der Waals surface area contributed by atoms with Gasteiger partial charge in [-0.05, 0) is 34.0 Å². The fourth-order valence-electron chi connectivity index (χ4n) is 4.68. The first-order chi connectivity index (χ1) is 15.5. The zero-order valence-corrected chi connectivity index (χ0v) is 17.1. The van der Waals surface area contributed by atoms with Crippen LogP contribution in [0.25, 0.3) is 33.1 Å². The lowest BCUT2D eigenvalue weighted by molar-refractivity contribution is -0.116. The highest BCUT2D eigenvalue weighted by molar-refractivity contribution is 6.09. The van der Waals surface area contributed by atoms with Gasteiger partial charge >= 0.3 is 5.69 Å². The molecule has 0 radical (unpaired) electrons. The molecule has 7 nitrogen and oxygen atoms in total. The Hall–Kier alpha value is -4.39. The maximum atomic E-state index is 13.1. The van der Waals surface area contributed by atoms with Crippen molar-refractivity contribution >= 4 is 33.4 Å². The number of amides is 1. The van der Waals surface area contributed by atoms with E-state index in [0.29, 0.717) is 22.3 Å². The van der Waals surface area contributed by atoms with Crippen LogP contribution in [0.5, 0.6) is 0 Å². The normalized spacial score (nSPS) is 15.3. The smallest absolute Gasteiger partial charge is 0.329 e. The molecule has 0 saturated heterocycles. The third kappa shape index (κ3) is 2.51. The van der Waals surface area contributed by atoms with E-state index in [4.69, 9.17) is 0 Å². The molecular weight excluding hydrogens is 404 g/mol. The van der Waals surface area contributed by atoms with Gasteiger partial charge in [0.1, 0.15) is 5.65 Å². The van der Waals surface area contributed by atoms with E-state index in [1.54, 1.807) is 7.05 Å². The van der Waals surface area contributed by atoms with Crippen molar-refractivity contribution in [2.75, 3.05) is 5.32 Å². The summed E-state index contributed by atoms with van der Waals surface area (Å²) < 4.78 is 1.36. The molecule has 0 unspecified atom stereocenters. The van der Waals surface area contributed by atoms with Gasteiger partial charge in [-0.1, -0.05) is 54.6 Å². The molecule has 3 heterocycles. The molecule has 1 aliphatic rings. The minimum Gasteiger partial charge on any atom is -0.340 e. The van der Waals surface area contributed by atoms with Crippen LogP contribution in [0.4, 0.5) is 5.69 Å². The molecule has 32 heavy (non-hydrogen) atoms. The van der Waals surface area contributed by atoms with E-state index < -0.39 is 17.2 Å². The highest BCUT2D eigenvalue weighted by atomic mass is 16.2. The molecule has 3 aromatic carbocycles. The Morgan fingerprint density at radius 2 is 1.59 bits per heavy atom. The number of aromatic nitrogens is 3. The first kappa shape index (κ1) is 18.4. The van der Waals surface area contributed by atoms with E-state index in [-0.39, 0.29) is 5.91 Å². The Balaban J connectivity index is 1.73. The summed E-state index contributed by atoms with van der Waals surface area (Å²) in [6.07, 6.45) is 0. The highest BCUT2D eigenvalue weighted by Crippen LogP contribution is 2.43. The molecule has 0 saturated carbocycles. The molecule has 1 amide bonds. The number of aryl methyl sites for hydroxylation is 1. The number of nitrogens with one attached hydrogen (secondary N) is 3. The first-order valence-corrected chi connectivity index (χ1v) is 10.3. The molecule has 156 valence electrons. The van der Waals surface area contributed by atoms with Crippen molar-refractivity contribution in [1.82, 2.24) is 14.5 Å². The van der Waals surface area contributed by atoms with Gasteiger partial charge in [-0.25, -0.2) is 4.79 Å². The predicted molar refractivity (Wildman–Crippen MR) is 124 cm³/mol. The van der Waals surface area contributed by atoms with Gasteiger partial charge in [0.2, 0.25) is 5.91 Å². The molecule has 6 rings (SSSR count). The lowest BCUT2D eigenvalue weighted by Crippen LogP contribution is -2.28. The van der Waals surface area contributed by atoms with Crippen LogP contribution < -0.4 is 16.6 Å². The molecular formula is C25H18N4O3. The third-order valence-corrected chi connectivity index (χ3v) is 6.23. The van der Waals surface area contributed by atoms with Crippen molar-refractivity contribution in [3.8, 4) is 11.3 Å². The van der Waals surface area contributed by atoms with E-state index in [1.165, 1.54) is 4.57 Å². The van der Waals surface area contributed by atoms with Crippen molar-refractivity contribution < 1.29 is 4.79 Å². The topological polar surface area (TPSA) is 99.8 Å². The number of fused-ring (bicyclic) bond motifs is 3. The molecule has 0 aliphatic carbocycles. The fourth-order valence-corrected chi connectivity index (χ4v) is 4.68. The number of nitrogens with zero attached hydrogens (tertiary/aromatic N) is 1. The Morgan fingerprint density at radius 1 is 0.844 bits per heavy atom. The van der Waals surface area contributed by atoms with Gasteiger partial charge in [0, 0.05) is 18.3 Å². The SMILES string of the molecule is Cn1c(=O)[nH]c(=O)c2c([C@@H]3C(=O)Nc4ccccc43)c(-c3ccc4ccccc4c3)[nH]c21. The van der Waals surface area contributed by atoms with Crippen molar-refractivity contribution in [2.24, 2.45) is 7.05 Å². The van der Waals surface area contributed by atoms with E-state index in [9.17, 15) is 14.4 Å². The Morgan fingerprint density at radius 3 is 2.44 bits per heavy atom. The Labute approximate surface area is 181 Å². The minimum atomic E-state index is -0.681. The Kier molecular flexibility index (Phi) is 3.76. The number of carbonyl (C=O) groups excluding carboxylic acids is 1. The van der Waals surface area contributed by atoms with Crippen molar-refractivity contribution in [1.29, 1.82) is 0 Å². The molecule has 0 bridgehead atoms. The van der Waals surface area contributed by atoms with Gasteiger partial charge in [-0.15, -0.1) is 0 Å². The molecule has 1 aliphatic heterocycles. The zero-order chi connectivity index (χ0) is 22.0. The number of para-hydroxylation sites is 1. The Bertz CT molecular complexity index is 1690. The molecule has 5 aromatic rings. The van der Waals surface area contributed by atoms with Crippen LogP contribution in [0.1, 0.15) is 17.0 Å². The number of H-pyrrole nitrogens is 2. The molecule has 0 fully saturated rings. The van der Waals surface area contributed by atoms with Crippen LogP contribution in [0.2, 0.25) is 0 Å². The summed E-state index contributed by atoms with van der Waals surface area (Å²) in [5.41, 5.74) is 2.92.